The number of ether oxygens (including phenoxy) is 3. The quantitative estimate of drug-likeness (QED) is 0.739. The van der Waals surface area contributed by atoms with Crippen LogP contribution in [0, 0.1) is 6.92 Å². The first-order valence-corrected chi connectivity index (χ1v) is 9.58. The van der Waals surface area contributed by atoms with E-state index in [1.54, 1.807) is 32.9 Å². The van der Waals surface area contributed by atoms with Gasteiger partial charge < -0.3 is 19.3 Å². The molecule has 1 fully saturated rings. The SMILES string of the molecule is CCOC(=O)C([C@H](O)C[C@H]1COC(C)(C)O1)[S@@](=O)c1ccc(C)cc1. The highest BCUT2D eigenvalue weighted by molar-refractivity contribution is 7.86. The molecule has 1 heterocycles. The number of aliphatic hydroxyl groups is 1. The van der Waals surface area contributed by atoms with Gasteiger partial charge in [0.15, 0.2) is 11.0 Å². The van der Waals surface area contributed by atoms with Gasteiger partial charge in [0.05, 0.1) is 36.2 Å². The standard InChI is InChI=1S/C18H26O6S/c1-5-22-17(20)16(25(21)14-8-6-12(2)7-9-14)15(19)10-13-11-23-18(3,4)24-13/h6-9,13,15-16,19H,5,10-11H2,1-4H3/t13-,15+,16?,25-/m0/s1. The fourth-order valence-electron chi connectivity index (χ4n) is 2.70. The monoisotopic (exact) mass is 370 g/mol. The smallest absolute Gasteiger partial charge is 0.324 e. The lowest BCUT2D eigenvalue weighted by Gasteiger charge is -2.23. The second-order valence-electron chi connectivity index (χ2n) is 6.54. The molecule has 1 unspecified atom stereocenters. The molecule has 1 aromatic carbocycles. The first-order chi connectivity index (χ1) is 11.7. The zero-order valence-electron chi connectivity index (χ0n) is 15.1. The molecular formula is C18H26O6S. The van der Waals surface area contributed by atoms with Crippen molar-refractivity contribution in [3.8, 4) is 0 Å². The van der Waals surface area contributed by atoms with Crippen molar-refractivity contribution in [2.45, 2.75) is 62.3 Å². The molecule has 1 aliphatic heterocycles. The Kier molecular flexibility index (Phi) is 6.73. The van der Waals surface area contributed by atoms with Crippen LogP contribution in [0.5, 0.6) is 0 Å². The molecule has 7 heteroatoms. The molecule has 0 aromatic heterocycles. The minimum Gasteiger partial charge on any atom is -0.465 e. The normalized spacial score (nSPS) is 23.0. The summed E-state index contributed by atoms with van der Waals surface area (Å²) in [5.41, 5.74) is 1.02. The lowest BCUT2D eigenvalue weighted by molar-refractivity contribution is -0.147. The van der Waals surface area contributed by atoms with Crippen LogP contribution in [0.1, 0.15) is 32.8 Å². The van der Waals surface area contributed by atoms with Crippen LogP contribution in [0.4, 0.5) is 0 Å². The van der Waals surface area contributed by atoms with E-state index in [4.69, 9.17) is 14.2 Å². The molecule has 0 aliphatic carbocycles. The predicted octanol–water partition coefficient (Wildman–Crippen LogP) is 1.94. The molecule has 6 nitrogen and oxygen atoms in total. The summed E-state index contributed by atoms with van der Waals surface area (Å²) in [6, 6.07) is 7.03. The zero-order valence-corrected chi connectivity index (χ0v) is 15.9. The minimum absolute atomic E-state index is 0.143. The molecule has 2 rings (SSSR count). The molecule has 140 valence electrons. The van der Waals surface area contributed by atoms with E-state index in [1.807, 2.05) is 19.1 Å². The number of rotatable bonds is 7. The maximum Gasteiger partial charge on any atom is 0.324 e. The van der Waals surface area contributed by atoms with Crippen molar-refractivity contribution in [2.75, 3.05) is 13.2 Å². The Morgan fingerprint density at radius 1 is 1.40 bits per heavy atom. The van der Waals surface area contributed by atoms with Gasteiger partial charge in [-0.2, -0.15) is 0 Å². The van der Waals surface area contributed by atoms with E-state index >= 15 is 0 Å². The number of benzene rings is 1. The molecular weight excluding hydrogens is 344 g/mol. The van der Waals surface area contributed by atoms with Gasteiger partial charge in [-0.15, -0.1) is 0 Å². The van der Waals surface area contributed by atoms with E-state index in [0.29, 0.717) is 11.5 Å². The number of carbonyl (C=O) groups is 1. The van der Waals surface area contributed by atoms with Crippen LogP contribution < -0.4 is 0 Å². The van der Waals surface area contributed by atoms with E-state index in [2.05, 4.69) is 0 Å². The third kappa shape index (κ3) is 5.34. The van der Waals surface area contributed by atoms with Crippen LogP contribution in [0.15, 0.2) is 29.2 Å². The van der Waals surface area contributed by atoms with Crippen LogP contribution >= 0.6 is 0 Å². The Labute approximate surface area is 150 Å². The molecule has 0 radical (unpaired) electrons. The Morgan fingerprint density at radius 2 is 2.04 bits per heavy atom. The summed E-state index contributed by atoms with van der Waals surface area (Å²) < 4.78 is 29.1. The molecule has 1 aliphatic rings. The van der Waals surface area contributed by atoms with Crippen molar-refractivity contribution in [2.24, 2.45) is 0 Å². The third-order valence-corrected chi connectivity index (χ3v) is 5.63. The molecule has 25 heavy (non-hydrogen) atoms. The second kappa shape index (κ2) is 8.40. The van der Waals surface area contributed by atoms with Crippen molar-refractivity contribution >= 4 is 16.8 Å². The van der Waals surface area contributed by atoms with E-state index in [1.165, 1.54) is 0 Å². The van der Waals surface area contributed by atoms with Gasteiger partial charge in [0.2, 0.25) is 0 Å². The summed E-state index contributed by atoms with van der Waals surface area (Å²) in [6.45, 7) is 7.63. The topological polar surface area (TPSA) is 82.1 Å². The summed E-state index contributed by atoms with van der Waals surface area (Å²) in [5.74, 6) is -1.40. The fraction of sp³-hybridized carbons (Fsp3) is 0.611. The largest absolute Gasteiger partial charge is 0.465 e. The average molecular weight is 370 g/mol. The molecule has 4 atom stereocenters. The second-order valence-corrected chi connectivity index (χ2v) is 8.11. The van der Waals surface area contributed by atoms with Crippen LogP contribution in [-0.2, 0) is 29.8 Å². The Hall–Kier alpha value is -1.28. The number of hydrogen-bond donors (Lipinski definition) is 1. The van der Waals surface area contributed by atoms with Crippen LogP contribution in [-0.4, -0.2) is 51.7 Å². The Balaban J connectivity index is 2.15. The molecule has 1 N–H and O–H groups in total. The van der Waals surface area contributed by atoms with Gasteiger partial charge in [-0.1, -0.05) is 17.7 Å². The molecule has 0 amide bonds. The lowest BCUT2D eigenvalue weighted by Crippen LogP contribution is -2.41. The van der Waals surface area contributed by atoms with Crippen molar-refractivity contribution < 1.29 is 28.3 Å². The molecule has 0 saturated carbocycles. The first-order valence-electron chi connectivity index (χ1n) is 8.37. The highest BCUT2D eigenvalue weighted by atomic mass is 32.2. The number of aryl methyl sites for hydroxylation is 1. The van der Waals surface area contributed by atoms with Crippen molar-refractivity contribution in [3.63, 3.8) is 0 Å². The van der Waals surface area contributed by atoms with Crippen molar-refractivity contribution in [3.05, 3.63) is 29.8 Å². The van der Waals surface area contributed by atoms with E-state index < -0.39 is 33.9 Å². The molecule has 1 saturated heterocycles. The van der Waals surface area contributed by atoms with Crippen molar-refractivity contribution in [1.29, 1.82) is 0 Å². The maximum atomic E-state index is 12.9. The number of esters is 1. The minimum atomic E-state index is -1.73. The number of carbonyl (C=O) groups excluding carboxylic acids is 1. The lowest BCUT2D eigenvalue weighted by atomic mass is 10.1. The Morgan fingerprint density at radius 3 is 2.56 bits per heavy atom. The van der Waals surface area contributed by atoms with E-state index in [-0.39, 0.29) is 19.1 Å². The molecule has 0 spiro atoms. The van der Waals surface area contributed by atoms with Gasteiger partial charge in [0.25, 0.3) is 0 Å². The highest BCUT2D eigenvalue weighted by Crippen LogP contribution is 2.27. The average Bonchev–Trinajstić information content (AvgIpc) is 2.87. The fourth-order valence-corrected chi connectivity index (χ4v) is 4.04. The highest BCUT2D eigenvalue weighted by Gasteiger charge is 2.40. The molecule has 1 aromatic rings. The van der Waals surface area contributed by atoms with E-state index in [9.17, 15) is 14.1 Å². The third-order valence-electron chi connectivity index (χ3n) is 3.92. The van der Waals surface area contributed by atoms with Gasteiger partial charge in [-0.3, -0.25) is 9.00 Å². The summed E-state index contributed by atoms with van der Waals surface area (Å²) in [7, 11) is -1.73. The maximum absolute atomic E-state index is 12.9. The predicted molar refractivity (Wildman–Crippen MR) is 93.5 cm³/mol. The summed E-state index contributed by atoms with van der Waals surface area (Å²) >= 11 is 0. The zero-order chi connectivity index (χ0) is 18.6. The van der Waals surface area contributed by atoms with E-state index in [0.717, 1.165) is 5.56 Å². The molecule has 0 bridgehead atoms. The number of hydrogen-bond acceptors (Lipinski definition) is 6. The summed E-state index contributed by atoms with van der Waals surface area (Å²) in [4.78, 5) is 12.8. The van der Waals surface area contributed by atoms with Crippen LogP contribution in [0.25, 0.3) is 0 Å². The number of aliphatic hydroxyl groups excluding tert-OH is 1. The van der Waals surface area contributed by atoms with Gasteiger partial charge in [-0.05, 0) is 39.8 Å². The van der Waals surface area contributed by atoms with Gasteiger partial charge >= 0.3 is 5.97 Å². The van der Waals surface area contributed by atoms with Crippen LogP contribution in [0.3, 0.4) is 0 Å². The summed E-state index contributed by atoms with van der Waals surface area (Å²) in [5, 5.41) is 9.42. The van der Waals surface area contributed by atoms with Gasteiger partial charge in [0, 0.05) is 11.3 Å². The van der Waals surface area contributed by atoms with Gasteiger partial charge in [-0.25, -0.2) is 0 Å². The van der Waals surface area contributed by atoms with Crippen molar-refractivity contribution in [1.82, 2.24) is 0 Å². The summed E-state index contributed by atoms with van der Waals surface area (Å²) in [6.07, 6.45) is -1.38. The van der Waals surface area contributed by atoms with Crippen LogP contribution in [0.2, 0.25) is 0 Å². The Bertz CT molecular complexity index is 612. The first kappa shape index (κ1) is 20.0. The van der Waals surface area contributed by atoms with Gasteiger partial charge in [0.1, 0.15) is 0 Å².